The minimum Gasteiger partial charge on any atom is -0.457 e. The molecule has 0 radical (unpaired) electrons. The van der Waals surface area contributed by atoms with Gasteiger partial charge in [0.15, 0.2) is 0 Å². The average molecular weight is 316 g/mol. The number of hydrogen-bond donors (Lipinski definition) is 2. The predicted molar refractivity (Wildman–Crippen MR) is 74.8 cm³/mol. The molecule has 3 fully saturated rings. The van der Waals surface area contributed by atoms with Crippen LogP contribution in [0.15, 0.2) is 0 Å². The summed E-state index contributed by atoms with van der Waals surface area (Å²) in [6, 6.07) is 0. The van der Waals surface area contributed by atoms with Gasteiger partial charge in [0.05, 0.1) is 6.10 Å². The molecule has 7 nitrogen and oxygen atoms in total. The Bertz CT molecular complexity index is 406. The molecule has 3 atom stereocenters. The Morgan fingerprint density at radius 3 is 1.95 bits per heavy atom. The third-order valence-corrected chi connectivity index (χ3v) is 4.63. The van der Waals surface area contributed by atoms with Crippen molar-refractivity contribution >= 4 is 11.9 Å². The number of fused-ring (bicyclic) bond motifs is 3. The van der Waals surface area contributed by atoms with Gasteiger partial charge >= 0.3 is 11.9 Å². The minimum atomic E-state index is -0.973. The molecule has 3 rings (SSSR count). The number of aliphatic hydroxyl groups excluding tert-OH is 2. The first-order valence-corrected chi connectivity index (χ1v) is 7.60. The smallest absolute Gasteiger partial charge is 0.332 e. The van der Waals surface area contributed by atoms with Gasteiger partial charge in [-0.25, -0.2) is 9.59 Å². The van der Waals surface area contributed by atoms with E-state index < -0.39 is 43.0 Å². The monoisotopic (exact) mass is 316 g/mol. The highest BCUT2D eigenvalue weighted by Gasteiger charge is 2.59. The van der Waals surface area contributed by atoms with E-state index in [0.29, 0.717) is 12.8 Å². The zero-order valence-corrected chi connectivity index (χ0v) is 13.2. The third kappa shape index (κ3) is 3.11. The molecule has 0 aromatic carbocycles. The van der Waals surface area contributed by atoms with Crippen LogP contribution < -0.4 is 0 Å². The molecule has 0 spiro atoms. The Hall–Kier alpha value is -1.18. The zero-order valence-electron chi connectivity index (χ0n) is 13.2. The first-order chi connectivity index (χ1) is 10.3. The Morgan fingerprint density at radius 1 is 1.14 bits per heavy atom. The molecule has 3 aliphatic rings. The van der Waals surface area contributed by atoms with Crippen molar-refractivity contribution in [2.75, 3.05) is 13.2 Å². The summed E-state index contributed by atoms with van der Waals surface area (Å²) < 4.78 is 16.7. The zero-order chi connectivity index (χ0) is 16.5. The van der Waals surface area contributed by atoms with Gasteiger partial charge in [-0.3, -0.25) is 0 Å². The van der Waals surface area contributed by atoms with E-state index in [-0.39, 0.29) is 17.9 Å². The van der Waals surface area contributed by atoms with Gasteiger partial charge in [-0.1, -0.05) is 13.8 Å². The van der Waals surface area contributed by atoms with E-state index in [2.05, 4.69) is 13.8 Å². The number of rotatable bonds is 5. The highest BCUT2D eigenvalue weighted by atomic mass is 16.6. The molecule has 0 aromatic heterocycles. The quantitative estimate of drug-likeness (QED) is 0.689. The van der Waals surface area contributed by atoms with Crippen LogP contribution in [0.4, 0.5) is 0 Å². The van der Waals surface area contributed by atoms with Crippen molar-refractivity contribution < 1.29 is 34.0 Å². The number of ether oxygens (including phenoxy) is 3. The number of carbonyl (C=O) groups excluding carboxylic acids is 2. The molecule has 0 aromatic rings. The van der Waals surface area contributed by atoms with E-state index in [9.17, 15) is 9.59 Å². The summed E-state index contributed by atoms with van der Waals surface area (Å²) in [5.74, 6) is -1.07. The van der Waals surface area contributed by atoms with Gasteiger partial charge in [0.25, 0.3) is 0 Å². The molecule has 2 N–H and O–H groups in total. The van der Waals surface area contributed by atoms with Crippen LogP contribution in [0.3, 0.4) is 0 Å². The molecule has 3 unspecified atom stereocenters. The maximum Gasteiger partial charge on any atom is 0.332 e. The van der Waals surface area contributed by atoms with E-state index in [1.165, 1.54) is 0 Å². The number of aliphatic hydroxyl groups is 2. The molecule has 7 heteroatoms. The molecular formula is C15H24O7. The Kier molecular flexibility index (Phi) is 5.09. The normalized spacial score (nSPS) is 37.2. The van der Waals surface area contributed by atoms with Crippen LogP contribution in [0.1, 0.15) is 33.6 Å². The van der Waals surface area contributed by atoms with E-state index in [4.69, 9.17) is 24.4 Å². The third-order valence-electron chi connectivity index (χ3n) is 4.63. The van der Waals surface area contributed by atoms with Crippen molar-refractivity contribution in [2.45, 2.75) is 57.5 Å². The van der Waals surface area contributed by atoms with Gasteiger partial charge in [-0.05, 0) is 31.6 Å². The van der Waals surface area contributed by atoms with E-state index in [1.54, 1.807) is 6.92 Å². The van der Waals surface area contributed by atoms with Gasteiger partial charge < -0.3 is 24.4 Å². The van der Waals surface area contributed by atoms with E-state index in [1.807, 2.05) is 0 Å². The Balaban J connectivity index is 2.21. The van der Waals surface area contributed by atoms with Crippen molar-refractivity contribution in [1.82, 2.24) is 0 Å². The fourth-order valence-corrected chi connectivity index (χ4v) is 3.53. The lowest BCUT2D eigenvalue weighted by molar-refractivity contribution is -0.295. The van der Waals surface area contributed by atoms with E-state index in [0.717, 1.165) is 0 Å². The van der Waals surface area contributed by atoms with Crippen LogP contribution in [-0.4, -0.2) is 59.3 Å². The summed E-state index contributed by atoms with van der Waals surface area (Å²) in [7, 11) is 0. The summed E-state index contributed by atoms with van der Waals surface area (Å²) in [4.78, 5) is 22.8. The molecule has 2 heterocycles. The Labute approximate surface area is 129 Å². The lowest BCUT2D eigenvalue weighted by Gasteiger charge is -2.57. The first kappa shape index (κ1) is 17.2. The molecule has 2 saturated heterocycles. The standard InChI is InChI=1S/C15H24O7/c1-8(2)14-9-4-10(20-12(18)6-16)15(3,22-14)11(5-9)21-13(19)7-17/h8-11,14,16-17H,4-7H2,1-3H3. The molecule has 126 valence electrons. The SMILES string of the molecule is CC(C)C1OC2(C)C(OC(=O)CO)CC1CC2OC(=O)CO. The Morgan fingerprint density at radius 2 is 1.59 bits per heavy atom. The molecule has 2 aliphatic heterocycles. The number of hydrogen-bond acceptors (Lipinski definition) is 7. The lowest BCUT2D eigenvalue weighted by Crippen LogP contribution is -2.67. The fraction of sp³-hybridized carbons (Fsp3) is 0.867. The van der Waals surface area contributed by atoms with Gasteiger partial charge in [0.2, 0.25) is 0 Å². The van der Waals surface area contributed by atoms with Crippen molar-refractivity contribution in [3.05, 3.63) is 0 Å². The van der Waals surface area contributed by atoms with Crippen LogP contribution in [-0.2, 0) is 23.8 Å². The van der Waals surface area contributed by atoms with Crippen molar-refractivity contribution in [3.63, 3.8) is 0 Å². The van der Waals surface area contributed by atoms with Gasteiger partial charge in [-0.15, -0.1) is 0 Å². The largest absolute Gasteiger partial charge is 0.457 e. The topological polar surface area (TPSA) is 102 Å². The van der Waals surface area contributed by atoms with Crippen molar-refractivity contribution in [1.29, 1.82) is 0 Å². The lowest BCUT2D eigenvalue weighted by atomic mass is 9.67. The molecule has 22 heavy (non-hydrogen) atoms. The summed E-state index contributed by atoms with van der Waals surface area (Å²) in [6.45, 7) is 4.46. The van der Waals surface area contributed by atoms with Gasteiger partial charge in [0, 0.05) is 0 Å². The molecule has 2 bridgehead atoms. The molecular weight excluding hydrogens is 292 g/mol. The van der Waals surface area contributed by atoms with Crippen LogP contribution in [0, 0.1) is 11.8 Å². The minimum absolute atomic E-state index is 0.00171. The maximum atomic E-state index is 11.4. The second kappa shape index (κ2) is 6.52. The van der Waals surface area contributed by atoms with Gasteiger partial charge in [-0.2, -0.15) is 0 Å². The molecule has 0 amide bonds. The summed E-state index contributed by atoms with van der Waals surface area (Å²) in [5.41, 5.74) is -0.973. The second-order valence-corrected chi connectivity index (χ2v) is 6.52. The number of esters is 2. The number of carbonyl (C=O) groups is 2. The summed E-state index contributed by atoms with van der Waals surface area (Å²) in [5, 5.41) is 17.8. The molecule has 1 saturated carbocycles. The van der Waals surface area contributed by atoms with Crippen molar-refractivity contribution in [3.8, 4) is 0 Å². The second-order valence-electron chi connectivity index (χ2n) is 6.52. The summed E-state index contributed by atoms with van der Waals surface area (Å²) >= 11 is 0. The first-order valence-electron chi connectivity index (χ1n) is 7.60. The van der Waals surface area contributed by atoms with Gasteiger partial charge in [0.1, 0.15) is 31.0 Å². The highest BCUT2D eigenvalue weighted by molar-refractivity contribution is 5.71. The molecule has 1 aliphatic carbocycles. The van der Waals surface area contributed by atoms with Crippen LogP contribution in [0.5, 0.6) is 0 Å². The van der Waals surface area contributed by atoms with Crippen molar-refractivity contribution in [2.24, 2.45) is 11.8 Å². The fourth-order valence-electron chi connectivity index (χ4n) is 3.53. The van der Waals surface area contributed by atoms with E-state index >= 15 is 0 Å². The summed E-state index contributed by atoms with van der Waals surface area (Å²) in [6.07, 6.45) is 0.0456. The van der Waals surface area contributed by atoms with Crippen LogP contribution >= 0.6 is 0 Å². The van der Waals surface area contributed by atoms with Crippen LogP contribution in [0.2, 0.25) is 0 Å². The predicted octanol–water partition coefficient (Wildman–Crippen LogP) is 0.0181. The highest BCUT2D eigenvalue weighted by Crippen LogP contribution is 2.49. The average Bonchev–Trinajstić information content (AvgIpc) is 2.48. The maximum absolute atomic E-state index is 11.4. The van der Waals surface area contributed by atoms with Crippen LogP contribution in [0.25, 0.3) is 0 Å².